The molecule has 130 valence electrons. The molecule has 1 aromatic rings. The molecule has 0 aliphatic carbocycles. The molecule has 0 bridgehead atoms. The number of carbonyl (C=O) groups excluding carboxylic acids is 1. The van der Waals surface area contributed by atoms with Crippen LogP contribution in [-0.4, -0.2) is 46.0 Å². The molecule has 1 fully saturated rings. The maximum absolute atomic E-state index is 12.8. The lowest BCUT2D eigenvalue weighted by Crippen LogP contribution is -2.50. The molecular formula is C14H21F3N4O2. The van der Waals surface area contributed by atoms with Crippen LogP contribution in [0.2, 0.25) is 0 Å². The molecule has 1 atom stereocenters. The quantitative estimate of drug-likeness (QED) is 0.856. The van der Waals surface area contributed by atoms with Crippen molar-refractivity contribution in [3.05, 3.63) is 17.5 Å². The number of rotatable bonds is 1. The van der Waals surface area contributed by atoms with Gasteiger partial charge in [-0.05, 0) is 26.8 Å². The molecule has 0 spiro atoms. The zero-order chi connectivity index (χ0) is 17.4. The summed E-state index contributed by atoms with van der Waals surface area (Å²) in [5, 5.41) is 6.61. The molecule has 1 aliphatic heterocycles. The van der Waals surface area contributed by atoms with Crippen LogP contribution in [0.3, 0.4) is 0 Å². The number of nitrogens with zero attached hydrogens (tertiary/aromatic N) is 3. The average Bonchev–Trinajstić information content (AvgIpc) is 2.79. The summed E-state index contributed by atoms with van der Waals surface area (Å²) < 4.78 is 44.8. The Balaban J connectivity index is 2.13. The van der Waals surface area contributed by atoms with Gasteiger partial charge in [-0.25, -0.2) is 4.79 Å². The van der Waals surface area contributed by atoms with E-state index in [2.05, 4.69) is 10.4 Å². The Bertz CT molecular complexity index is 578. The van der Waals surface area contributed by atoms with E-state index >= 15 is 0 Å². The maximum Gasteiger partial charge on any atom is 0.435 e. The number of halogens is 3. The predicted octanol–water partition coefficient (Wildman–Crippen LogP) is 2.32. The van der Waals surface area contributed by atoms with E-state index in [4.69, 9.17) is 4.74 Å². The number of alkyl halides is 3. The van der Waals surface area contributed by atoms with E-state index < -0.39 is 29.6 Å². The van der Waals surface area contributed by atoms with Crippen LogP contribution in [0.1, 0.15) is 38.2 Å². The highest BCUT2D eigenvalue weighted by molar-refractivity contribution is 5.68. The predicted molar refractivity (Wildman–Crippen MR) is 76.8 cm³/mol. The minimum absolute atomic E-state index is 0.228. The second-order valence-corrected chi connectivity index (χ2v) is 6.51. The first-order valence-electron chi connectivity index (χ1n) is 7.30. The first-order valence-corrected chi connectivity index (χ1v) is 7.30. The summed E-state index contributed by atoms with van der Waals surface area (Å²) in [6.07, 6.45) is -4.96. The molecule has 23 heavy (non-hydrogen) atoms. The summed E-state index contributed by atoms with van der Waals surface area (Å²) in [4.78, 5) is 13.6. The first-order chi connectivity index (χ1) is 10.5. The van der Waals surface area contributed by atoms with Gasteiger partial charge in [-0.2, -0.15) is 18.3 Å². The van der Waals surface area contributed by atoms with E-state index in [1.54, 1.807) is 20.8 Å². The molecule has 2 rings (SSSR count). The lowest BCUT2D eigenvalue weighted by molar-refractivity contribution is -0.141. The van der Waals surface area contributed by atoms with Crippen LogP contribution in [0.25, 0.3) is 0 Å². The highest BCUT2D eigenvalue weighted by atomic mass is 19.4. The Hall–Kier alpha value is -1.77. The number of amides is 1. The van der Waals surface area contributed by atoms with E-state index in [0.717, 1.165) is 6.07 Å². The van der Waals surface area contributed by atoms with E-state index in [1.165, 1.54) is 16.6 Å². The highest BCUT2D eigenvalue weighted by Gasteiger charge is 2.36. The van der Waals surface area contributed by atoms with Gasteiger partial charge in [0.1, 0.15) is 5.60 Å². The molecule has 1 aliphatic rings. The zero-order valence-electron chi connectivity index (χ0n) is 13.6. The lowest BCUT2D eigenvalue weighted by atomic mass is 10.1. The van der Waals surface area contributed by atoms with Crippen molar-refractivity contribution in [3.63, 3.8) is 0 Å². The summed E-state index contributed by atoms with van der Waals surface area (Å²) in [7, 11) is 1.46. The summed E-state index contributed by atoms with van der Waals surface area (Å²) in [6, 6.07) is 0.584. The van der Waals surface area contributed by atoms with Gasteiger partial charge in [-0.15, -0.1) is 0 Å². The van der Waals surface area contributed by atoms with Gasteiger partial charge in [-0.3, -0.25) is 4.68 Å². The number of piperazine rings is 1. The largest absolute Gasteiger partial charge is 0.444 e. The highest BCUT2D eigenvalue weighted by Crippen LogP contribution is 2.30. The van der Waals surface area contributed by atoms with Gasteiger partial charge in [0.25, 0.3) is 0 Å². The van der Waals surface area contributed by atoms with Crippen molar-refractivity contribution in [3.8, 4) is 0 Å². The Morgan fingerprint density at radius 2 is 2.04 bits per heavy atom. The van der Waals surface area contributed by atoms with Gasteiger partial charge in [-0.1, -0.05) is 0 Å². The molecule has 1 amide bonds. The van der Waals surface area contributed by atoms with Crippen molar-refractivity contribution in [2.75, 3.05) is 19.6 Å². The SMILES string of the molecule is Cn1nc(C(F)(F)F)cc1C1CN(C(=O)OC(C)(C)C)CCN1. The van der Waals surface area contributed by atoms with Crippen LogP contribution >= 0.6 is 0 Å². The van der Waals surface area contributed by atoms with Crippen LogP contribution < -0.4 is 5.32 Å². The second-order valence-electron chi connectivity index (χ2n) is 6.51. The first kappa shape index (κ1) is 17.6. The van der Waals surface area contributed by atoms with E-state index in [1.807, 2.05) is 0 Å². The second kappa shape index (κ2) is 6.03. The zero-order valence-corrected chi connectivity index (χ0v) is 13.6. The standard InChI is InChI=1S/C14H21F3N4O2/c1-13(2,3)23-12(22)21-6-5-18-9(8-21)10-7-11(14(15,16)17)19-20(10)4/h7,9,18H,5-6,8H2,1-4H3. The van der Waals surface area contributed by atoms with E-state index in [9.17, 15) is 18.0 Å². The molecule has 6 nitrogen and oxygen atoms in total. The smallest absolute Gasteiger partial charge is 0.435 e. The lowest BCUT2D eigenvalue weighted by Gasteiger charge is -2.34. The number of carbonyl (C=O) groups is 1. The van der Waals surface area contributed by atoms with Gasteiger partial charge in [0.05, 0.1) is 11.7 Å². The molecule has 0 saturated carbocycles. The number of aromatic nitrogens is 2. The summed E-state index contributed by atoms with van der Waals surface area (Å²) in [5.74, 6) is 0. The molecule has 1 unspecified atom stereocenters. The maximum atomic E-state index is 12.8. The Morgan fingerprint density at radius 3 is 2.57 bits per heavy atom. The minimum Gasteiger partial charge on any atom is -0.444 e. The van der Waals surface area contributed by atoms with Crippen molar-refractivity contribution in [2.24, 2.45) is 7.05 Å². The minimum atomic E-state index is -4.49. The van der Waals surface area contributed by atoms with Gasteiger partial charge in [0, 0.05) is 26.7 Å². The fraction of sp³-hybridized carbons (Fsp3) is 0.714. The number of hydrogen-bond acceptors (Lipinski definition) is 4. The molecule has 0 aromatic carbocycles. The Labute approximate surface area is 132 Å². The van der Waals surface area contributed by atoms with Crippen LogP contribution in [0.15, 0.2) is 6.07 Å². The molecule has 1 N–H and O–H groups in total. The fourth-order valence-corrected chi connectivity index (χ4v) is 2.39. The van der Waals surface area contributed by atoms with Crippen LogP contribution in [0.4, 0.5) is 18.0 Å². The third-order valence-electron chi connectivity index (χ3n) is 3.39. The average molecular weight is 334 g/mol. The topological polar surface area (TPSA) is 59.4 Å². The molecule has 2 heterocycles. The number of nitrogens with one attached hydrogen (secondary N) is 1. The normalized spacial score (nSPS) is 19.8. The number of ether oxygens (including phenoxy) is 1. The van der Waals surface area contributed by atoms with Crippen molar-refractivity contribution < 1.29 is 22.7 Å². The molecule has 9 heteroatoms. The summed E-state index contributed by atoms with van der Waals surface area (Å²) in [6.45, 7) is 6.43. The van der Waals surface area contributed by atoms with Crippen LogP contribution in [0, 0.1) is 0 Å². The molecule has 1 saturated heterocycles. The fourth-order valence-electron chi connectivity index (χ4n) is 2.39. The Morgan fingerprint density at radius 1 is 1.39 bits per heavy atom. The summed E-state index contributed by atoms with van der Waals surface area (Å²) in [5.41, 5.74) is -1.18. The van der Waals surface area contributed by atoms with Gasteiger partial charge >= 0.3 is 12.3 Å². The number of aryl methyl sites for hydroxylation is 1. The van der Waals surface area contributed by atoms with Gasteiger partial charge < -0.3 is 15.0 Å². The van der Waals surface area contributed by atoms with E-state index in [0.29, 0.717) is 18.8 Å². The van der Waals surface area contributed by atoms with Gasteiger partial charge in [0.2, 0.25) is 0 Å². The van der Waals surface area contributed by atoms with Crippen molar-refractivity contribution in [1.29, 1.82) is 0 Å². The van der Waals surface area contributed by atoms with Crippen LogP contribution in [-0.2, 0) is 18.0 Å². The van der Waals surface area contributed by atoms with Crippen molar-refractivity contribution >= 4 is 6.09 Å². The molecular weight excluding hydrogens is 313 g/mol. The van der Waals surface area contributed by atoms with E-state index in [-0.39, 0.29) is 6.54 Å². The van der Waals surface area contributed by atoms with Crippen LogP contribution in [0.5, 0.6) is 0 Å². The molecule has 1 aromatic heterocycles. The monoisotopic (exact) mass is 334 g/mol. The third-order valence-corrected chi connectivity index (χ3v) is 3.39. The number of hydrogen-bond donors (Lipinski definition) is 1. The summed E-state index contributed by atoms with van der Waals surface area (Å²) >= 11 is 0. The third kappa shape index (κ3) is 4.37. The van der Waals surface area contributed by atoms with Gasteiger partial charge in [0.15, 0.2) is 5.69 Å². The molecule has 0 radical (unpaired) electrons. The Kier molecular flexibility index (Phi) is 4.61. The van der Waals surface area contributed by atoms with Crippen molar-refractivity contribution in [2.45, 2.75) is 38.6 Å². The van der Waals surface area contributed by atoms with Crippen molar-refractivity contribution in [1.82, 2.24) is 20.0 Å².